The van der Waals surface area contributed by atoms with E-state index in [0.29, 0.717) is 6.42 Å². The summed E-state index contributed by atoms with van der Waals surface area (Å²) in [5, 5.41) is 0. The fraction of sp³-hybridized carbons (Fsp3) is 0.700. The van der Waals surface area contributed by atoms with Crippen molar-refractivity contribution in [1.82, 2.24) is 0 Å². The lowest BCUT2D eigenvalue weighted by molar-refractivity contribution is 0.478. The van der Waals surface area contributed by atoms with Gasteiger partial charge < -0.3 is 0 Å². The Morgan fingerprint density at radius 1 is 0.750 bits per heavy atom. The van der Waals surface area contributed by atoms with Gasteiger partial charge in [0.25, 0.3) is 10.1 Å². The molecule has 140 valence electrons. The van der Waals surface area contributed by atoms with Crippen LogP contribution in [0.1, 0.15) is 82.3 Å². The van der Waals surface area contributed by atoms with E-state index in [4.69, 9.17) is 4.55 Å². The van der Waals surface area contributed by atoms with Gasteiger partial charge in [-0.1, -0.05) is 89.0 Å². The Morgan fingerprint density at radius 2 is 1.12 bits per heavy atom. The monoisotopic (exact) mass is 356 g/mol. The van der Waals surface area contributed by atoms with Crippen LogP contribution >= 0.6 is 0 Å². The Morgan fingerprint density at radius 3 is 1.46 bits per heavy atom. The summed E-state index contributed by atoms with van der Waals surface area (Å²) in [7, 11) is -3.73. The third-order valence-corrected chi connectivity index (χ3v) is 4.99. The highest BCUT2D eigenvalue weighted by atomic mass is 32.2. The molecule has 0 heterocycles. The van der Waals surface area contributed by atoms with Gasteiger partial charge in [0.05, 0.1) is 5.75 Å². The van der Waals surface area contributed by atoms with E-state index in [1.807, 2.05) is 0 Å². The number of unbranched alkanes of at least 4 members (excludes halogenated alkanes) is 9. The van der Waals surface area contributed by atoms with Gasteiger partial charge in [0.15, 0.2) is 0 Å². The molecule has 0 radical (unpaired) electrons. The minimum Gasteiger partial charge on any atom is -0.286 e. The van der Waals surface area contributed by atoms with E-state index in [0.717, 1.165) is 12.8 Å². The van der Waals surface area contributed by atoms with Gasteiger partial charge in [0.2, 0.25) is 0 Å². The van der Waals surface area contributed by atoms with Crippen LogP contribution in [0.4, 0.5) is 0 Å². The molecule has 0 bridgehead atoms. The first-order valence-corrected chi connectivity index (χ1v) is 10.9. The minimum absolute atomic E-state index is 0.0799. The molecule has 1 aromatic rings. The van der Waals surface area contributed by atoms with Crippen molar-refractivity contribution in [2.24, 2.45) is 0 Å². The molecule has 0 fully saturated rings. The third-order valence-electron chi connectivity index (χ3n) is 4.18. The molecular weight excluding hydrogens is 320 g/mol. The topological polar surface area (TPSA) is 54.4 Å². The Kier molecular flexibility index (Phi) is 13.9. The van der Waals surface area contributed by atoms with Crippen molar-refractivity contribution >= 4 is 10.1 Å². The summed E-state index contributed by atoms with van der Waals surface area (Å²) in [4.78, 5) is 0. The summed E-state index contributed by atoms with van der Waals surface area (Å²) in [5.74, 6) is -0.0799. The number of rotatable bonds is 11. The predicted octanol–water partition coefficient (Wildman–Crippen LogP) is 6.10. The van der Waals surface area contributed by atoms with Crippen molar-refractivity contribution in [2.75, 3.05) is 5.75 Å². The average molecular weight is 357 g/mol. The summed E-state index contributed by atoms with van der Waals surface area (Å²) >= 11 is 0. The zero-order valence-corrected chi connectivity index (χ0v) is 16.6. The molecular formula is C20H36O3S. The Bertz CT molecular complexity index is 488. The third kappa shape index (κ3) is 16.0. The number of hydrogen-bond acceptors (Lipinski definition) is 2. The highest BCUT2D eigenvalue weighted by Crippen LogP contribution is 2.10. The fourth-order valence-electron chi connectivity index (χ4n) is 2.43. The van der Waals surface area contributed by atoms with Crippen LogP contribution in [0, 0.1) is 13.8 Å². The lowest BCUT2D eigenvalue weighted by Crippen LogP contribution is -2.03. The van der Waals surface area contributed by atoms with Crippen LogP contribution in [0.25, 0.3) is 0 Å². The van der Waals surface area contributed by atoms with Crippen molar-refractivity contribution in [3.63, 3.8) is 0 Å². The quantitative estimate of drug-likeness (QED) is 0.385. The Hall–Kier alpha value is -0.870. The molecule has 0 spiro atoms. The van der Waals surface area contributed by atoms with Crippen molar-refractivity contribution in [3.05, 3.63) is 35.4 Å². The van der Waals surface area contributed by atoms with Crippen molar-refractivity contribution < 1.29 is 13.0 Å². The molecule has 0 unspecified atom stereocenters. The summed E-state index contributed by atoms with van der Waals surface area (Å²) in [5.41, 5.74) is 2.74. The van der Waals surface area contributed by atoms with E-state index < -0.39 is 10.1 Å². The highest BCUT2D eigenvalue weighted by Gasteiger charge is 2.02. The van der Waals surface area contributed by atoms with Crippen molar-refractivity contribution in [1.29, 1.82) is 0 Å². The molecule has 0 saturated heterocycles. The van der Waals surface area contributed by atoms with E-state index in [9.17, 15) is 8.42 Å². The van der Waals surface area contributed by atoms with Crippen LogP contribution in [0.3, 0.4) is 0 Å². The van der Waals surface area contributed by atoms with Gasteiger partial charge in [0, 0.05) is 0 Å². The highest BCUT2D eigenvalue weighted by molar-refractivity contribution is 7.85. The van der Waals surface area contributed by atoms with Gasteiger partial charge in [-0.2, -0.15) is 8.42 Å². The van der Waals surface area contributed by atoms with E-state index in [-0.39, 0.29) is 5.75 Å². The minimum atomic E-state index is -3.73. The van der Waals surface area contributed by atoms with Crippen molar-refractivity contribution in [2.45, 2.75) is 85.0 Å². The van der Waals surface area contributed by atoms with Crippen LogP contribution in [0.15, 0.2) is 24.3 Å². The van der Waals surface area contributed by atoms with Crippen LogP contribution in [0.2, 0.25) is 0 Å². The molecule has 0 aliphatic rings. The van der Waals surface area contributed by atoms with Gasteiger partial charge in [-0.15, -0.1) is 0 Å². The maximum absolute atomic E-state index is 10.4. The van der Waals surface area contributed by atoms with Crippen LogP contribution in [0.5, 0.6) is 0 Å². The number of hydrogen-bond donors (Lipinski definition) is 1. The van der Waals surface area contributed by atoms with Gasteiger partial charge in [-0.25, -0.2) is 0 Å². The first-order valence-electron chi connectivity index (χ1n) is 9.34. The second kappa shape index (κ2) is 14.5. The molecule has 1 N–H and O–H groups in total. The normalized spacial score (nSPS) is 11.0. The Labute approximate surface area is 149 Å². The first kappa shape index (κ1) is 23.1. The largest absolute Gasteiger partial charge is 0.286 e. The summed E-state index contributed by atoms with van der Waals surface area (Å²) in [6, 6.07) is 8.36. The summed E-state index contributed by atoms with van der Waals surface area (Å²) in [6.45, 7) is 6.46. The van der Waals surface area contributed by atoms with E-state index in [1.54, 1.807) is 0 Å². The van der Waals surface area contributed by atoms with E-state index in [1.165, 1.54) is 56.1 Å². The molecule has 0 aromatic heterocycles. The first-order chi connectivity index (χ1) is 11.4. The molecule has 0 atom stereocenters. The molecule has 0 aliphatic carbocycles. The zero-order chi connectivity index (χ0) is 18.3. The summed E-state index contributed by atoms with van der Waals surface area (Å²) < 4.78 is 29.4. The van der Waals surface area contributed by atoms with Gasteiger partial charge in [0.1, 0.15) is 0 Å². The molecule has 4 heteroatoms. The maximum Gasteiger partial charge on any atom is 0.264 e. The van der Waals surface area contributed by atoms with Gasteiger partial charge >= 0.3 is 0 Å². The summed E-state index contributed by atoms with van der Waals surface area (Å²) in [6.07, 6.45) is 11.7. The molecule has 1 aromatic carbocycles. The van der Waals surface area contributed by atoms with E-state index in [2.05, 4.69) is 45.0 Å². The zero-order valence-electron chi connectivity index (χ0n) is 15.8. The molecule has 0 saturated carbocycles. The smallest absolute Gasteiger partial charge is 0.264 e. The molecule has 3 nitrogen and oxygen atoms in total. The molecule has 0 amide bonds. The number of benzene rings is 1. The number of aryl methyl sites for hydroxylation is 2. The second-order valence-electron chi connectivity index (χ2n) is 6.55. The van der Waals surface area contributed by atoms with Crippen molar-refractivity contribution in [3.8, 4) is 0 Å². The maximum atomic E-state index is 10.4. The Balaban J connectivity index is 0.000000546. The molecule has 0 aliphatic heterocycles. The van der Waals surface area contributed by atoms with Gasteiger partial charge in [-0.05, 0) is 31.4 Å². The molecule has 24 heavy (non-hydrogen) atoms. The predicted molar refractivity (Wildman–Crippen MR) is 104 cm³/mol. The molecule has 1 rings (SSSR count). The van der Waals surface area contributed by atoms with Gasteiger partial charge in [-0.3, -0.25) is 4.55 Å². The van der Waals surface area contributed by atoms with E-state index >= 15 is 0 Å². The average Bonchev–Trinajstić information content (AvgIpc) is 2.52. The van der Waals surface area contributed by atoms with Crippen LogP contribution in [-0.2, 0) is 10.1 Å². The SMILES string of the molecule is CCCCCCCCCCCCS(=O)(=O)O.Cc1ccccc1C. The van der Waals surface area contributed by atoms with Crippen LogP contribution in [-0.4, -0.2) is 18.7 Å². The lowest BCUT2D eigenvalue weighted by Gasteiger charge is -2.01. The lowest BCUT2D eigenvalue weighted by atomic mass is 10.1. The standard InChI is InChI=1S/C12H26O3S.C8H10/c1-2-3-4-5-6-7-8-9-10-11-12-16(13,14)15;1-7-5-3-4-6-8(7)2/h2-12H2,1H3,(H,13,14,15);3-6H,1-2H3. The second-order valence-corrected chi connectivity index (χ2v) is 8.12. The fourth-order valence-corrected chi connectivity index (χ4v) is 3.00. The van der Waals surface area contributed by atoms with Crippen LogP contribution < -0.4 is 0 Å².